The van der Waals surface area contributed by atoms with E-state index in [1.54, 1.807) is 7.11 Å². The van der Waals surface area contributed by atoms with Crippen LogP contribution in [0.2, 0.25) is 0 Å². The van der Waals surface area contributed by atoms with Crippen LogP contribution in [0.1, 0.15) is 34.1 Å². The number of hydrogen-bond acceptors (Lipinski definition) is 2. The molecule has 0 spiro atoms. The summed E-state index contributed by atoms with van der Waals surface area (Å²) in [7, 11) is 1.65. The molecule has 0 fully saturated rings. The summed E-state index contributed by atoms with van der Waals surface area (Å²) in [5, 5.41) is 2.84. The van der Waals surface area contributed by atoms with E-state index in [0.29, 0.717) is 18.9 Å². The summed E-state index contributed by atoms with van der Waals surface area (Å²) in [6.07, 6.45) is 0.583. The van der Waals surface area contributed by atoms with Crippen LogP contribution in [0.3, 0.4) is 0 Å². The van der Waals surface area contributed by atoms with Crippen LogP contribution in [0, 0.1) is 5.92 Å². The summed E-state index contributed by atoms with van der Waals surface area (Å²) in [5.74, 6) is 0.505. The number of hydrogen-bond donors (Lipinski definition) is 1. The van der Waals surface area contributed by atoms with Crippen molar-refractivity contribution in [3.8, 4) is 0 Å². The lowest BCUT2D eigenvalue weighted by Crippen LogP contribution is -2.40. The molecule has 0 bridgehead atoms. The van der Waals surface area contributed by atoms with Gasteiger partial charge in [-0.2, -0.15) is 0 Å². The maximum atomic E-state index is 11.2. The SMILES string of the molecule is COC(C)(C)CNC(=O)CC(C)C. The maximum absolute atomic E-state index is 11.2. The van der Waals surface area contributed by atoms with Gasteiger partial charge in [0.1, 0.15) is 0 Å². The standard InChI is InChI=1S/C10H21NO2/c1-8(2)6-9(12)11-7-10(3,4)13-5/h8H,6-7H2,1-5H3,(H,11,12). The minimum Gasteiger partial charge on any atom is -0.377 e. The zero-order valence-corrected chi connectivity index (χ0v) is 9.31. The number of amides is 1. The van der Waals surface area contributed by atoms with Crippen molar-refractivity contribution < 1.29 is 9.53 Å². The Morgan fingerprint density at radius 2 is 2.00 bits per heavy atom. The molecule has 3 heteroatoms. The van der Waals surface area contributed by atoms with Gasteiger partial charge in [-0.15, -0.1) is 0 Å². The van der Waals surface area contributed by atoms with Crippen LogP contribution < -0.4 is 5.32 Å². The van der Waals surface area contributed by atoms with Crippen LogP contribution in [-0.2, 0) is 9.53 Å². The molecule has 0 aliphatic heterocycles. The fourth-order valence-electron chi connectivity index (χ4n) is 0.827. The minimum atomic E-state index is -0.271. The molecule has 1 amide bonds. The molecule has 0 aliphatic carbocycles. The van der Waals surface area contributed by atoms with Crippen molar-refractivity contribution in [1.82, 2.24) is 5.32 Å². The molecule has 0 saturated carbocycles. The first-order valence-electron chi connectivity index (χ1n) is 4.69. The Hall–Kier alpha value is -0.570. The number of carbonyl (C=O) groups excluding carboxylic acids is 1. The summed E-state index contributed by atoms with van der Waals surface area (Å²) < 4.78 is 5.18. The first kappa shape index (κ1) is 12.4. The Labute approximate surface area is 80.8 Å². The predicted molar refractivity (Wildman–Crippen MR) is 53.6 cm³/mol. The molecule has 0 aromatic carbocycles. The molecule has 0 heterocycles. The van der Waals surface area contributed by atoms with Crippen LogP contribution in [0.5, 0.6) is 0 Å². The molecular weight excluding hydrogens is 166 g/mol. The molecule has 0 aromatic rings. The zero-order valence-electron chi connectivity index (χ0n) is 9.31. The van der Waals surface area contributed by atoms with E-state index in [1.165, 1.54) is 0 Å². The van der Waals surface area contributed by atoms with Gasteiger partial charge in [-0.25, -0.2) is 0 Å². The lowest BCUT2D eigenvalue weighted by molar-refractivity contribution is -0.123. The molecule has 0 radical (unpaired) electrons. The van der Waals surface area contributed by atoms with Gasteiger partial charge in [-0.05, 0) is 19.8 Å². The Bertz CT molecular complexity index is 164. The van der Waals surface area contributed by atoms with E-state index in [4.69, 9.17) is 4.74 Å². The molecule has 0 saturated heterocycles. The summed E-state index contributed by atoms with van der Waals surface area (Å²) in [6, 6.07) is 0. The number of ether oxygens (including phenoxy) is 1. The Morgan fingerprint density at radius 1 is 1.46 bits per heavy atom. The number of methoxy groups -OCH3 is 1. The summed E-state index contributed by atoms with van der Waals surface area (Å²) in [5.41, 5.74) is -0.271. The van der Waals surface area contributed by atoms with Crippen molar-refractivity contribution in [3.63, 3.8) is 0 Å². The van der Waals surface area contributed by atoms with Gasteiger partial charge in [0.25, 0.3) is 0 Å². The molecule has 0 aliphatic rings. The highest BCUT2D eigenvalue weighted by molar-refractivity contribution is 5.76. The van der Waals surface area contributed by atoms with E-state index in [-0.39, 0.29) is 11.5 Å². The molecular formula is C10H21NO2. The highest BCUT2D eigenvalue weighted by Crippen LogP contribution is 2.05. The van der Waals surface area contributed by atoms with Gasteiger partial charge >= 0.3 is 0 Å². The van der Waals surface area contributed by atoms with Gasteiger partial charge < -0.3 is 10.1 Å². The van der Waals surface area contributed by atoms with E-state index >= 15 is 0 Å². The molecule has 0 atom stereocenters. The fraction of sp³-hybridized carbons (Fsp3) is 0.900. The smallest absolute Gasteiger partial charge is 0.220 e. The van der Waals surface area contributed by atoms with Crippen molar-refractivity contribution in [3.05, 3.63) is 0 Å². The van der Waals surface area contributed by atoms with Crippen LogP contribution in [0.25, 0.3) is 0 Å². The van der Waals surface area contributed by atoms with Gasteiger partial charge in [-0.3, -0.25) is 4.79 Å². The van der Waals surface area contributed by atoms with Gasteiger partial charge in [-0.1, -0.05) is 13.8 Å². The average molecular weight is 187 g/mol. The quantitative estimate of drug-likeness (QED) is 0.709. The Morgan fingerprint density at radius 3 is 2.38 bits per heavy atom. The highest BCUT2D eigenvalue weighted by atomic mass is 16.5. The Balaban J connectivity index is 3.70. The predicted octanol–water partition coefficient (Wildman–Crippen LogP) is 1.57. The first-order valence-corrected chi connectivity index (χ1v) is 4.69. The van der Waals surface area contributed by atoms with E-state index < -0.39 is 0 Å². The largest absolute Gasteiger partial charge is 0.377 e. The summed E-state index contributed by atoms with van der Waals surface area (Å²) >= 11 is 0. The van der Waals surface area contributed by atoms with Crippen LogP contribution in [0.15, 0.2) is 0 Å². The zero-order chi connectivity index (χ0) is 10.5. The molecule has 13 heavy (non-hydrogen) atoms. The minimum absolute atomic E-state index is 0.0973. The van der Waals surface area contributed by atoms with Crippen molar-refractivity contribution in [2.24, 2.45) is 5.92 Å². The number of nitrogens with one attached hydrogen (secondary N) is 1. The number of carbonyl (C=O) groups is 1. The fourth-order valence-corrected chi connectivity index (χ4v) is 0.827. The van der Waals surface area contributed by atoms with Gasteiger partial charge in [0, 0.05) is 20.1 Å². The molecule has 1 N–H and O–H groups in total. The monoisotopic (exact) mass is 187 g/mol. The van der Waals surface area contributed by atoms with Crippen molar-refractivity contribution in [1.29, 1.82) is 0 Å². The van der Waals surface area contributed by atoms with E-state index in [1.807, 2.05) is 27.7 Å². The second-order valence-corrected chi connectivity index (χ2v) is 4.34. The normalized spacial score (nSPS) is 11.8. The number of rotatable bonds is 5. The topological polar surface area (TPSA) is 38.3 Å². The lowest BCUT2D eigenvalue weighted by atomic mass is 10.1. The van der Waals surface area contributed by atoms with Crippen molar-refractivity contribution in [2.75, 3.05) is 13.7 Å². The van der Waals surface area contributed by atoms with Gasteiger partial charge in [0.15, 0.2) is 0 Å². The average Bonchev–Trinajstić information content (AvgIpc) is 2.00. The lowest BCUT2D eigenvalue weighted by Gasteiger charge is -2.23. The summed E-state index contributed by atoms with van der Waals surface area (Å²) in [6.45, 7) is 8.52. The third kappa shape index (κ3) is 6.58. The third-order valence-electron chi connectivity index (χ3n) is 1.86. The van der Waals surface area contributed by atoms with Crippen LogP contribution in [-0.4, -0.2) is 25.2 Å². The van der Waals surface area contributed by atoms with Crippen LogP contribution in [0.4, 0.5) is 0 Å². The first-order chi connectivity index (χ1) is 5.87. The van der Waals surface area contributed by atoms with Crippen molar-refractivity contribution >= 4 is 5.91 Å². The Kier molecular flexibility index (Phi) is 4.99. The van der Waals surface area contributed by atoms with Gasteiger partial charge in [0.2, 0.25) is 5.91 Å². The second-order valence-electron chi connectivity index (χ2n) is 4.34. The van der Waals surface area contributed by atoms with Gasteiger partial charge in [0.05, 0.1) is 5.60 Å². The van der Waals surface area contributed by atoms with Crippen LogP contribution >= 0.6 is 0 Å². The van der Waals surface area contributed by atoms with E-state index in [2.05, 4.69) is 5.32 Å². The third-order valence-corrected chi connectivity index (χ3v) is 1.86. The van der Waals surface area contributed by atoms with E-state index in [0.717, 1.165) is 0 Å². The molecule has 0 unspecified atom stereocenters. The molecule has 0 rings (SSSR count). The maximum Gasteiger partial charge on any atom is 0.220 e. The highest BCUT2D eigenvalue weighted by Gasteiger charge is 2.17. The van der Waals surface area contributed by atoms with E-state index in [9.17, 15) is 4.79 Å². The van der Waals surface area contributed by atoms with Crippen molar-refractivity contribution in [2.45, 2.75) is 39.7 Å². The molecule has 3 nitrogen and oxygen atoms in total. The second kappa shape index (κ2) is 5.22. The molecule has 78 valence electrons. The molecule has 0 aromatic heterocycles. The summed E-state index contributed by atoms with van der Waals surface area (Å²) in [4.78, 5) is 11.2.